The Kier molecular flexibility index (Phi) is 1.44. The first kappa shape index (κ1) is 7.36. The topological polar surface area (TPSA) is 48.6 Å². The van der Waals surface area contributed by atoms with Crippen molar-refractivity contribution in [1.29, 1.82) is 0 Å². The van der Waals surface area contributed by atoms with Gasteiger partial charge in [-0.3, -0.25) is 15.0 Å². The van der Waals surface area contributed by atoms with Crippen LogP contribution in [0.3, 0.4) is 0 Å². The van der Waals surface area contributed by atoms with Gasteiger partial charge in [-0.25, -0.2) is 4.39 Å². The van der Waals surface area contributed by atoms with E-state index < -0.39 is 5.82 Å². The van der Waals surface area contributed by atoms with Crippen LogP contribution in [0.2, 0.25) is 5.02 Å². The van der Waals surface area contributed by atoms with Gasteiger partial charge in [-0.1, -0.05) is 11.6 Å². The van der Waals surface area contributed by atoms with E-state index in [1.807, 2.05) is 0 Å². The van der Waals surface area contributed by atoms with Gasteiger partial charge in [0.05, 0.1) is 15.9 Å². The fourth-order valence-corrected chi connectivity index (χ4v) is 1.38. The van der Waals surface area contributed by atoms with Crippen LogP contribution >= 0.6 is 11.6 Å². The second kappa shape index (κ2) is 2.35. The molecule has 0 fully saturated rings. The van der Waals surface area contributed by atoms with Crippen molar-refractivity contribution in [3.63, 3.8) is 0 Å². The highest BCUT2D eigenvalue weighted by Crippen LogP contribution is 2.19. The minimum absolute atomic E-state index is 0.118. The summed E-state index contributed by atoms with van der Waals surface area (Å²) in [6, 6.07) is 2.31. The van der Waals surface area contributed by atoms with Crippen molar-refractivity contribution < 1.29 is 4.39 Å². The van der Waals surface area contributed by atoms with Gasteiger partial charge in [0, 0.05) is 0 Å². The van der Waals surface area contributed by atoms with Crippen molar-refractivity contribution in [2.45, 2.75) is 0 Å². The quantitative estimate of drug-likeness (QED) is 0.646. The lowest BCUT2D eigenvalue weighted by Crippen LogP contribution is -1.97. The number of rotatable bonds is 0. The fourth-order valence-electron chi connectivity index (χ4n) is 1.09. The summed E-state index contributed by atoms with van der Waals surface area (Å²) < 4.78 is 12.7. The lowest BCUT2D eigenvalue weighted by Gasteiger charge is -1.91. The molecular weight excluding hydrogens is 183 g/mol. The molecule has 5 heteroatoms. The van der Waals surface area contributed by atoms with E-state index in [9.17, 15) is 9.18 Å². The van der Waals surface area contributed by atoms with Gasteiger partial charge in [-0.15, -0.1) is 0 Å². The Hall–Kier alpha value is -1.29. The lowest BCUT2D eigenvalue weighted by atomic mass is 10.2. The molecule has 1 aromatic heterocycles. The SMILES string of the molecule is O=c1[nH][nH]c2cc(F)cc(Cl)c12. The third kappa shape index (κ3) is 0.921. The minimum Gasteiger partial charge on any atom is -0.297 e. The zero-order valence-electron chi connectivity index (χ0n) is 5.82. The van der Waals surface area contributed by atoms with Gasteiger partial charge in [0.1, 0.15) is 5.82 Å². The summed E-state index contributed by atoms with van der Waals surface area (Å²) in [4.78, 5) is 11.0. The lowest BCUT2D eigenvalue weighted by molar-refractivity contribution is 0.629. The van der Waals surface area contributed by atoms with E-state index in [1.165, 1.54) is 6.07 Å². The Bertz CT molecular complexity index is 488. The predicted molar refractivity (Wildman–Crippen MR) is 43.9 cm³/mol. The molecule has 0 spiro atoms. The van der Waals surface area contributed by atoms with E-state index in [4.69, 9.17) is 11.6 Å². The Morgan fingerprint density at radius 1 is 1.33 bits per heavy atom. The maximum Gasteiger partial charge on any atom is 0.273 e. The number of hydrogen-bond acceptors (Lipinski definition) is 1. The molecule has 12 heavy (non-hydrogen) atoms. The average molecular weight is 187 g/mol. The van der Waals surface area contributed by atoms with Crippen LogP contribution in [0, 0.1) is 5.82 Å². The van der Waals surface area contributed by atoms with Gasteiger partial charge in [0.25, 0.3) is 5.56 Å². The van der Waals surface area contributed by atoms with Crippen LogP contribution in [0.4, 0.5) is 4.39 Å². The van der Waals surface area contributed by atoms with Crippen molar-refractivity contribution in [3.8, 4) is 0 Å². The molecule has 1 heterocycles. The maximum absolute atomic E-state index is 12.7. The largest absolute Gasteiger partial charge is 0.297 e. The third-order valence-electron chi connectivity index (χ3n) is 1.59. The second-order valence-electron chi connectivity index (χ2n) is 2.39. The van der Waals surface area contributed by atoms with E-state index in [1.54, 1.807) is 0 Å². The van der Waals surface area contributed by atoms with Crippen LogP contribution in [0.1, 0.15) is 0 Å². The number of benzene rings is 1. The van der Waals surface area contributed by atoms with Crippen molar-refractivity contribution in [3.05, 3.63) is 33.3 Å². The summed E-state index contributed by atoms with van der Waals surface area (Å²) in [6.45, 7) is 0. The van der Waals surface area contributed by atoms with Gasteiger partial charge >= 0.3 is 0 Å². The normalized spacial score (nSPS) is 10.8. The number of fused-ring (bicyclic) bond motifs is 1. The van der Waals surface area contributed by atoms with Crippen LogP contribution in [0.25, 0.3) is 10.9 Å². The predicted octanol–water partition coefficient (Wildman–Crippen LogP) is 1.65. The summed E-state index contributed by atoms with van der Waals surface area (Å²) in [7, 11) is 0. The molecule has 2 N–H and O–H groups in total. The summed E-state index contributed by atoms with van der Waals surface area (Å²) in [5, 5.41) is 5.23. The second-order valence-corrected chi connectivity index (χ2v) is 2.80. The maximum atomic E-state index is 12.7. The first-order valence-corrected chi connectivity index (χ1v) is 3.61. The van der Waals surface area contributed by atoms with E-state index in [-0.39, 0.29) is 16.0 Å². The number of H-pyrrole nitrogens is 2. The van der Waals surface area contributed by atoms with E-state index in [0.717, 1.165) is 6.07 Å². The standard InChI is InChI=1S/C7H4ClFN2O/c8-4-1-3(9)2-5-6(4)7(12)11-10-5/h1-2H,(H2,10,11,12). The molecule has 0 saturated carbocycles. The molecule has 0 amide bonds. The summed E-state index contributed by atoms with van der Waals surface area (Å²) in [6.07, 6.45) is 0. The summed E-state index contributed by atoms with van der Waals surface area (Å²) in [5.41, 5.74) is 0.0417. The Balaban J connectivity index is 3.03. The molecule has 3 nitrogen and oxygen atoms in total. The smallest absolute Gasteiger partial charge is 0.273 e. The van der Waals surface area contributed by atoms with Crippen LogP contribution in [0.15, 0.2) is 16.9 Å². The number of hydrogen-bond donors (Lipinski definition) is 2. The molecule has 0 aliphatic carbocycles. The van der Waals surface area contributed by atoms with Crippen molar-refractivity contribution in [2.75, 3.05) is 0 Å². The van der Waals surface area contributed by atoms with Gasteiger partial charge < -0.3 is 0 Å². The highest BCUT2D eigenvalue weighted by atomic mass is 35.5. The van der Waals surface area contributed by atoms with Crippen molar-refractivity contribution in [1.82, 2.24) is 10.2 Å². The van der Waals surface area contributed by atoms with Gasteiger partial charge in [0.2, 0.25) is 0 Å². The molecule has 2 aromatic rings. The molecule has 0 aliphatic rings. The van der Waals surface area contributed by atoms with Gasteiger partial charge in [-0.2, -0.15) is 0 Å². The Morgan fingerprint density at radius 2 is 2.08 bits per heavy atom. The molecular formula is C7H4ClFN2O. The van der Waals surface area contributed by atoms with Gasteiger partial charge in [0.15, 0.2) is 0 Å². The van der Waals surface area contributed by atoms with E-state index in [2.05, 4.69) is 10.2 Å². The molecule has 62 valence electrons. The van der Waals surface area contributed by atoms with Crippen molar-refractivity contribution >= 4 is 22.5 Å². The Labute approximate surface area is 71.1 Å². The molecule has 2 rings (SSSR count). The Morgan fingerprint density at radius 3 is 2.83 bits per heavy atom. The molecule has 0 aliphatic heterocycles. The van der Waals surface area contributed by atoms with Crippen LogP contribution < -0.4 is 5.56 Å². The molecule has 0 bridgehead atoms. The summed E-state index contributed by atoms with van der Waals surface area (Å²) in [5.74, 6) is -0.470. The van der Waals surface area contributed by atoms with E-state index in [0.29, 0.717) is 5.52 Å². The molecule has 0 radical (unpaired) electrons. The van der Waals surface area contributed by atoms with Crippen LogP contribution in [-0.4, -0.2) is 10.2 Å². The van der Waals surface area contributed by atoms with Crippen LogP contribution in [-0.2, 0) is 0 Å². The van der Waals surface area contributed by atoms with Crippen molar-refractivity contribution in [2.24, 2.45) is 0 Å². The molecule has 1 aromatic carbocycles. The van der Waals surface area contributed by atoms with Gasteiger partial charge in [-0.05, 0) is 12.1 Å². The number of nitrogens with one attached hydrogen (secondary N) is 2. The average Bonchev–Trinajstić information content (AvgIpc) is 2.31. The first-order valence-electron chi connectivity index (χ1n) is 3.24. The number of halogens is 2. The highest BCUT2D eigenvalue weighted by Gasteiger charge is 2.06. The van der Waals surface area contributed by atoms with E-state index >= 15 is 0 Å². The zero-order valence-corrected chi connectivity index (χ0v) is 6.57. The third-order valence-corrected chi connectivity index (χ3v) is 1.89. The monoisotopic (exact) mass is 186 g/mol. The minimum atomic E-state index is -0.470. The first-order chi connectivity index (χ1) is 5.68. The number of aromatic amines is 2. The molecule has 0 unspecified atom stereocenters. The molecule has 0 saturated heterocycles. The number of aromatic nitrogens is 2. The highest BCUT2D eigenvalue weighted by molar-refractivity contribution is 6.35. The van der Waals surface area contributed by atoms with Crippen LogP contribution in [0.5, 0.6) is 0 Å². The molecule has 0 atom stereocenters. The summed E-state index contributed by atoms with van der Waals surface area (Å²) >= 11 is 5.63. The fraction of sp³-hybridized carbons (Fsp3) is 0. The zero-order chi connectivity index (χ0) is 8.72.